The number of carbonyl (C=O) groups excluding carboxylic acids is 1. The number of carbonyl (C=O) groups is 1. The van der Waals surface area contributed by atoms with E-state index in [1.165, 1.54) is 13.3 Å². The van der Waals surface area contributed by atoms with Crippen LogP contribution in [0.3, 0.4) is 0 Å². The lowest BCUT2D eigenvalue weighted by atomic mass is 10.3. The van der Waals surface area contributed by atoms with Gasteiger partial charge in [0.15, 0.2) is 6.29 Å². The average Bonchev–Trinajstić information content (AvgIpc) is 2.04. The summed E-state index contributed by atoms with van der Waals surface area (Å²) in [5.74, 6) is 0.560. The molecule has 0 aliphatic heterocycles. The molecule has 1 aromatic rings. The molecule has 0 amide bonds. The molecule has 4 heteroatoms. The Morgan fingerprint density at radius 1 is 1.64 bits per heavy atom. The summed E-state index contributed by atoms with van der Waals surface area (Å²) >= 11 is 0. The second-order valence-corrected chi connectivity index (χ2v) is 1.74. The van der Waals surface area contributed by atoms with Crippen LogP contribution in [0, 0.1) is 0 Å². The van der Waals surface area contributed by atoms with Gasteiger partial charge in [0, 0.05) is 12.4 Å². The molecule has 1 rings (SSSR count). The van der Waals surface area contributed by atoms with Gasteiger partial charge in [-0.15, -0.1) is 12.4 Å². The van der Waals surface area contributed by atoms with Crippen molar-refractivity contribution in [2.45, 2.75) is 0 Å². The minimum Gasteiger partial charge on any atom is -0.496 e. The molecular weight excluding hydrogens is 166 g/mol. The van der Waals surface area contributed by atoms with Gasteiger partial charge in [0.05, 0.1) is 12.7 Å². The van der Waals surface area contributed by atoms with Crippen LogP contribution in [0.4, 0.5) is 0 Å². The number of rotatable bonds is 2. The number of aromatic nitrogens is 1. The fourth-order valence-electron chi connectivity index (χ4n) is 0.668. The first-order valence-electron chi connectivity index (χ1n) is 2.81. The van der Waals surface area contributed by atoms with Gasteiger partial charge in [-0.25, -0.2) is 0 Å². The number of aldehydes is 1. The van der Waals surface area contributed by atoms with Crippen molar-refractivity contribution in [3.63, 3.8) is 0 Å². The average molecular weight is 174 g/mol. The fourth-order valence-corrected chi connectivity index (χ4v) is 0.668. The molecule has 60 valence electrons. The summed E-state index contributed by atoms with van der Waals surface area (Å²) in [6.45, 7) is 0. The van der Waals surface area contributed by atoms with Crippen LogP contribution < -0.4 is 4.74 Å². The van der Waals surface area contributed by atoms with Crippen molar-refractivity contribution in [3.8, 4) is 5.75 Å². The molecule has 0 spiro atoms. The highest BCUT2D eigenvalue weighted by molar-refractivity contribution is 5.85. The maximum Gasteiger partial charge on any atom is 0.155 e. The van der Waals surface area contributed by atoms with Crippen molar-refractivity contribution in [3.05, 3.63) is 24.0 Å². The Balaban J connectivity index is 0.000001000. The summed E-state index contributed by atoms with van der Waals surface area (Å²) in [6, 6.07) is 1.64. The summed E-state index contributed by atoms with van der Waals surface area (Å²) < 4.78 is 4.86. The second-order valence-electron chi connectivity index (χ2n) is 1.74. The summed E-state index contributed by atoms with van der Waals surface area (Å²) in [4.78, 5) is 14.0. The van der Waals surface area contributed by atoms with Gasteiger partial charge >= 0.3 is 0 Å². The van der Waals surface area contributed by atoms with Gasteiger partial charge in [-0.05, 0) is 6.07 Å². The molecule has 3 nitrogen and oxygen atoms in total. The van der Waals surface area contributed by atoms with E-state index in [0.717, 1.165) is 0 Å². The lowest BCUT2D eigenvalue weighted by molar-refractivity contribution is 0.112. The van der Waals surface area contributed by atoms with Crippen LogP contribution in [0.2, 0.25) is 0 Å². The summed E-state index contributed by atoms with van der Waals surface area (Å²) in [5, 5.41) is 0. The molecule has 0 aliphatic rings. The highest BCUT2D eigenvalue weighted by atomic mass is 35.5. The van der Waals surface area contributed by atoms with E-state index in [9.17, 15) is 4.79 Å². The Morgan fingerprint density at radius 3 is 2.82 bits per heavy atom. The number of methoxy groups -OCH3 is 1. The number of pyridine rings is 1. The Bertz CT molecular complexity index is 240. The number of hydrogen-bond acceptors (Lipinski definition) is 3. The minimum absolute atomic E-state index is 0. The van der Waals surface area contributed by atoms with Gasteiger partial charge < -0.3 is 4.74 Å². The van der Waals surface area contributed by atoms with E-state index in [0.29, 0.717) is 17.6 Å². The minimum atomic E-state index is 0. The largest absolute Gasteiger partial charge is 0.496 e. The molecule has 0 aliphatic carbocycles. The third-order valence-corrected chi connectivity index (χ3v) is 1.16. The Kier molecular flexibility index (Phi) is 4.22. The van der Waals surface area contributed by atoms with Gasteiger partial charge in [-0.1, -0.05) is 0 Å². The summed E-state index contributed by atoms with van der Waals surface area (Å²) in [5.41, 5.74) is 0.477. The predicted molar refractivity (Wildman–Crippen MR) is 43.4 cm³/mol. The van der Waals surface area contributed by atoms with E-state index in [4.69, 9.17) is 4.74 Å². The zero-order chi connectivity index (χ0) is 7.40. The Morgan fingerprint density at radius 2 is 2.36 bits per heavy atom. The number of hydrogen-bond donors (Lipinski definition) is 0. The molecule has 1 heterocycles. The van der Waals surface area contributed by atoms with Gasteiger partial charge in [-0.3, -0.25) is 9.78 Å². The number of nitrogens with zero attached hydrogens (tertiary/aromatic N) is 1. The van der Waals surface area contributed by atoms with E-state index < -0.39 is 0 Å². The fraction of sp³-hybridized carbons (Fsp3) is 0.143. The van der Waals surface area contributed by atoms with Crippen LogP contribution in [-0.4, -0.2) is 18.4 Å². The molecule has 0 unspecified atom stereocenters. The molecule has 0 fully saturated rings. The first-order valence-corrected chi connectivity index (χ1v) is 2.81. The van der Waals surface area contributed by atoms with Crippen LogP contribution in [0.1, 0.15) is 10.4 Å². The smallest absolute Gasteiger partial charge is 0.155 e. The highest BCUT2D eigenvalue weighted by Gasteiger charge is 1.97. The first kappa shape index (κ1) is 9.91. The maximum absolute atomic E-state index is 10.3. The third kappa shape index (κ3) is 2.20. The molecular formula is C7H8ClNO2. The van der Waals surface area contributed by atoms with Crippen molar-refractivity contribution >= 4 is 18.7 Å². The molecule has 0 saturated heterocycles. The lowest BCUT2D eigenvalue weighted by Gasteiger charge is -1.99. The monoisotopic (exact) mass is 173 g/mol. The van der Waals surface area contributed by atoms with Crippen molar-refractivity contribution in [1.29, 1.82) is 0 Å². The standard InChI is InChI=1S/C7H7NO2.ClH/c1-10-7-2-3-8-4-6(7)5-9;/h2-5H,1H3;1H. The van der Waals surface area contributed by atoms with E-state index in [1.807, 2.05) is 0 Å². The van der Waals surface area contributed by atoms with Gasteiger partial charge in [-0.2, -0.15) is 0 Å². The molecule has 0 aromatic carbocycles. The zero-order valence-electron chi connectivity index (χ0n) is 5.98. The quantitative estimate of drug-likeness (QED) is 0.634. The Labute approximate surface area is 70.8 Å². The van der Waals surface area contributed by atoms with Crippen molar-refractivity contribution in [2.75, 3.05) is 7.11 Å². The van der Waals surface area contributed by atoms with Crippen molar-refractivity contribution in [2.24, 2.45) is 0 Å². The first-order chi connectivity index (χ1) is 4.88. The molecule has 1 aromatic heterocycles. The van der Waals surface area contributed by atoms with Gasteiger partial charge in [0.25, 0.3) is 0 Å². The van der Waals surface area contributed by atoms with E-state index in [1.54, 1.807) is 12.3 Å². The van der Waals surface area contributed by atoms with Crippen LogP contribution in [-0.2, 0) is 0 Å². The second kappa shape index (κ2) is 4.68. The van der Waals surface area contributed by atoms with E-state index in [-0.39, 0.29) is 12.4 Å². The van der Waals surface area contributed by atoms with Crippen LogP contribution in [0.5, 0.6) is 5.75 Å². The van der Waals surface area contributed by atoms with Crippen LogP contribution in [0.25, 0.3) is 0 Å². The number of halogens is 1. The molecule has 0 bridgehead atoms. The van der Waals surface area contributed by atoms with E-state index in [2.05, 4.69) is 4.98 Å². The zero-order valence-corrected chi connectivity index (χ0v) is 6.80. The molecule has 0 atom stereocenters. The SMILES string of the molecule is COc1ccncc1C=O.Cl. The molecule has 0 N–H and O–H groups in total. The lowest BCUT2D eigenvalue weighted by Crippen LogP contribution is -1.89. The van der Waals surface area contributed by atoms with Gasteiger partial charge in [0.2, 0.25) is 0 Å². The highest BCUT2D eigenvalue weighted by Crippen LogP contribution is 2.12. The molecule has 0 saturated carbocycles. The molecule has 11 heavy (non-hydrogen) atoms. The van der Waals surface area contributed by atoms with Crippen molar-refractivity contribution in [1.82, 2.24) is 4.98 Å². The number of ether oxygens (including phenoxy) is 1. The Hall–Kier alpha value is -1.09. The van der Waals surface area contributed by atoms with Gasteiger partial charge in [0.1, 0.15) is 5.75 Å². The summed E-state index contributed by atoms with van der Waals surface area (Å²) in [6.07, 6.45) is 3.75. The molecule has 0 radical (unpaired) electrons. The topological polar surface area (TPSA) is 39.2 Å². The van der Waals surface area contributed by atoms with Crippen molar-refractivity contribution < 1.29 is 9.53 Å². The third-order valence-electron chi connectivity index (χ3n) is 1.16. The van der Waals surface area contributed by atoms with Crippen LogP contribution in [0.15, 0.2) is 18.5 Å². The summed E-state index contributed by atoms with van der Waals surface area (Å²) in [7, 11) is 1.52. The maximum atomic E-state index is 10.3. The van der Waals surface area contributed by atoms with Crippen LogP contribution >= 0.6 is 12.4 Å². The predicted octanol–water partition coefficient (Wildman–Crippen LogP) is 1.32. The van der Waals surface area contributed by atoms with E-state index >= 15 is 0 Å². The normalized spacial score (nSPS) is 8.09.